The molecule has 43 heteroatoms. The highest BCUT2D eigenvalue weighted by Gasteiger charge is 2.41. The Balaban J connectivity index is 1.87. The van der Waals surface area contributed by atoms with Crippen LogP contribution in [0.25, 0.3) is 11.3 Å². The summed E-state index contributed by atoms with van der Waals surface area (Å²) in [6, 6.07) is -14.9. The number of aromatic nitrogens is 1. The van der Waals surface area contributed by atoms with Gasteiger partial charge in [-0.2, -0.15) is 0 Å². The quantitative estimate of drug-likeness (QED) is 0.0218. The molecule has 97 heavy (non-hydrogen) atoms. The number of benzene rings is 1. The van der Waals surface area contributed by atoms with Crippen molar-refractivity contribution < 1.29 is 133 Å². The van der Waals surface area contributed by atoms with Crippen molar-refractivity contribution >= 4 is 100 Å². The highest BCUT2D eigenvalue weighted by molar-refractivity contribution is 6.01. The lowest BCUT2D eigenvalue weighted by atomic mass is 10.0. The van der Waals surface area contributed by atoms with Gasteiger partial charge < -0.3 is 131 Å². The Hall–Kier alpha value is -10.3. The van der Waals surface area contributed by atoms with Gasteiger partial charge in [-0.15, -0.1) is 0 Å². The van der Waals surface area contributed by atoms with Crippen LogP contribution >= 0.6 is 0 Å². The summed E-state index contributed by atoms with van der Waals surface area (Å²) >= 11 is 0. The third-order valence-corrected chi connectivity index (χ3v) is 14.2. The molecule has 3 rings (SSSR count). The molecule has 14 atom stereocenters. The summed E-state index contributed by atoms with van der Waals surface area (Å²) in [5, 5.41) is 143. The van der Waals surface area contributed by atoms with E-state index in [1.807, 2.05) is 16.0 Å². The SMILES string of the molecule is CC(O)CC(=O)N(O)CCCC(NC(=O)C(CC(=O)O)NC(=O)C1CCNc2c(NC(=O)CC(O)C(N)=O)cc3cc(O)c(=O)cc-3n21)C(=O)NC(CCN)C(=O)NC(C(=O)NCC(=O)NC(CO)C(=O)NC(CO)C(=O)NC(C(=O)NC(C(=O)O)C(C)O)C(O)C(=O)O)C(C)O. The molecule has 0 saturated heterocycles. The number of hydrogen-bond acceptors (Lipinski definition) is 27. The summed E-state index contributed by atoms with van der Waals surface area (Å²) in [5.41, 5.74) is 9.75. The van der Waals surface area contributed by atoms with Crippen LogP contribution in [-0.4, -0.2) is 278 Å². The maximum absolute atomic E-state index is 14.4. The molecular weight excluding hydrogens is 1310 g/mol. The average molecular weight is 1390 g/mol. The van der Waals surface area contributed by atoms with E-state index >= 15 is 0 Å². The number of hydrogen-bond donors (Lipinski definition) is 25. The summed E-state index contributed by atoms with van der Waals surface area (Å²) in [6.07, 6.45) is -13.8. The lowest BCUT2D eigenvalue weighted by Gasteiger charge is -2.34. The first-order valence-electron chi connectivity index (χ1n) is 29.3. The smallest absolute Gasteiger partial charge is 0.335 e. The first kappa shape index (κ1) is 81.0. The van der Waals surface area contributed by atoms with Gasteiger partial charge in [0.25, 0.3) is 0 Å². The van der Waals surface area contributed by atoms with Crippen LogP contribution in [0.5, 0.6) is 5.75 Å². The number of carbonyl (C=O) groups excluding carboxylic acids is 12. The molecular formula is C54H79N15O28. The number of nitrogens with two attached hydrogens (primary N) is 2. The number of aliphatic hydroxyl groups is 7. The number of phenols is 1. The summed E-state index contributed by atoms with van der Waals surface area (Å²) in [6.45, 7) is -1.67. The van der Waals surface area contributed by atoms with Gasteiger partial charge in [0.05, 0.1) is 68.7 Å². The van der Waals surface area contributed by atoms with Gasteiger partial charge in [-0.05, 0) is 65.1 Å². The number of carboxylic acid groups (broad SMARTS) is 3. The number of aliphatic hydroxyl groups excluding tert-OH is 7. The van der Waals surface area contributed by atoms with Crippen molar-refractivity contribution in [1.29, 1.82) is 0 Å². The number of amides is 12. The maximum atomic E-state index is 14.4. The number of aromatic hydroxyl groups is 1. The Labute approximate surface area is 547 Å². The van der Waals surface area contributed by atoms with Crippen LogP contribution in [0.15, 0.2) is 23.0 Å². The third kappa shape index (κ3) is 24.2. The van der Waals surface area contributed by atoms with Crippen molar-refractivity contribution in [2.45, 2.75) is 151 Å². The monoisotopic (exact) mass is 1390 g/mol. The van der Waals surface area contributed by atoms with E-state index in [9.17, 15) is 138 Å². The van der Waals surface area contributed by atoms with Gasteiger partial charge in [-0.1, -0.05) is 0 Å². The number of carbonyl (C=O) groups is 15. The fraction of sp³-hybridized carbons (Fsp3) is 0.556. The minimum atomic E-state index is -2.79. The zero-order valence-electron chi connectivity index (χ0n) is 52.0. The molecule has 1 aliphatic carbocycles. The van der Waals surface area contributed by atoms with Crippen LogP contribution < -0.4 is 75.4 Å². The molecule has 0 spiro atoms. The summed E-state index contributed by atoms with van der Waals surface area (Å²) in [7, 11) is 0. The molecule has 0 bridgehead atoms. The molecule has 2 heterocycles. The van der Waals surface area contributed by atoms with Gasteiger partial charge in [0.15, 0.2) is 17.9 Å². The van der Waals surface area contributed by atoms with E-state index in [1.165, 1.54) is 17.6 Å². The number of pyridine rings is 1. The lowest BCUT2D eigenvalue weighted by molar-refractivity contribution is -0.167. The predicted molar refractivity (Wildman–Crippen MR) is 322 cm³/mol. The van der Waals surface area contributed by atoms with Crippen LogP contribution in [0.4, 0.5) is 11.5 Å². The zero-order chi connectivity index (χ0) is 73.5. The van der Waals surface area contributed by atoms with Crippen LogP contribution in [0, 0.1) is 0 Å². The van der Waals surface area contributed by atoms with Crippen molar-refractivity contribution in [3.05, 3.63) is 28.4 Å². The van der Waals surface area contributed by atoms with Gasteiger partial charge in [0.2, 0.25) is 76.3 Å². The van der Waals surface area contributed by atoms with Gasteiger partial charge in [-0.3, -0.25) is 72.3 Å². The number of fused-ring (bicyclic) bond motifs is 3. The second-order valence-corrected chi connectivity index (χ2v) is 22.0. The first-order valence-corrected chi connectivity index (χ1v) is 29.3. The number of hydroxylamine groups is 2. The molecule has 0 radical (unpaired) electrons. The van der Waals surface area contributed by atoms with E-state index in [4.69, 9.17) is 11.5 Å². The van der Waals surface area contributed by atoms with E-state index in [-0.39, 0.29) is 47.2 Å². The molecule has 43 nitrogen and oxygen atoms in total. The second kappa shape index (κ2) is 37.7. The number of carboxylic acids is 3. The van der Waals surface area contributed by atoms with E-state index in [2.05, 4.69) is 31.9 Å². The molecule has 0 aromatic carbocycles. The largest absolute Gasteiger partial charge is 0.504 e. The third-order valence-electron chi connectivity index (χ3n) is 14.2. The molecule has 3 aliphatic rings. The molecule has 2 aliphatic heterocycles. The van der Waals surface area contributed by atoms with Crippen molar-refractivity contribution in [2.24, 2.45) is 11.5 Å². The number of aliphatic carboxylic acids is 3. The lowest BCUT2D eigenvalue weighted by Crippen LogP contribution is -2.63. The molecule has 12 amide bonds. The van der Waals surface area contributed by atoms with Crippen molar-refractivity contribution in [1.82, 2.24) is 57.5 Å². The summed E-state index contributed by atoms with van der Waals surface area (Å²) < 4.78 is 1.17. The maximum Gasteiger partial charge on any atom is 0.335 e. The van der Waals surface area contributed by atoms with Gasteiger partial charge in [-0.25, -0.2) is 14.7 Å². The normalized spacial score (nSPS) is 16.5. The Morgan fingerprint density at radius 1 is 0.629 bits per heavy atom. The molecule has 0 aromatic rings. The zero-order valence-corrected chi connectivity index (χ0v) is 52.0. The molecule has 14 unspecified atom stereocenters. The van der Waals surface area contributed by atoms with Crippen LogP contribution in [0.2, 0.25) is 0 Å². The number of nitrogens with zero attached hydrogens (tertiary/aromatic N) is 2. The van der Waals surface area contributed by atoms with Gasteiger partial charge in [0.1, 0.15) is 60.3 Å². The van der Waals surface area contributed by atoms with Crippen LogP contribution in [0.3, 0.4) is 0 Å². The van der Waals surface area contributed by atoms with Crippen molar-refractivity contribution in [3.8, 4) is 17.0 Å². The number of rotatable bonds is 39. The van der Waals surface area contributed by atoms with Crippen LogP contribution in [0.1, 0.15) is 71.8 Å². The Morgan fingerprint density at radius 3 is 1.71 bits per heavy atom. The topological polar surface area (TPSA) is 708 Å². The molecule has 0 fully saturated rings. The van der Waals surface area contributed by atoms with Crippen molar-refractivity contribution in [2.75, 3.05) is 50.0 Å². The molecule has 27 N–H and O–H groups in total. The Kier molecular flexibility index (Phi) is 31.5. The number of anilines is 2. The highest BCUT2D eigenvalue weighted by atomic mass is 16.5. The first-order chi connectivity index (χ1) is 45.4. The van der Waals surface area contributed by atoms with Crippen molar-refractivity contribution in [3.63, 3.8) is 0 Å². The standard InChI is InChI=1S/C54H79N15O28/c1-20(72)11-37(80)68(97)10-4-5-24(61-47(87)27(14-38(81)82)63-50(90)30-7-9-57-44-26(59-35(78)16-34(77)43(56)84)12-23-13-32(75)33(76)15-31(23)69(30)44)45(85)62-25(6-8-55)46(86)65-39(21(2)73)51(91)58-17-36(79)60-28(18-70)48(88)64-29(19-71)49(89)67-41(42(83)54(95)96)52(92)66-40(22(3)74)53(93)94/h12-13,15,20-22,24-25,27-30,34,39-42,57,70-75,77,83,97H,4-11,14,16-19,55H2,1-3H3,(H2,56,84)(H,58,91)(H,59,78)(H,60,79)(H,61,87)(H,62,85)(H,63,90)(H,64,88)(H,65,86)(H,66,92)(H,67,89)(H,81,82)(H,93,94)(H,95,96). The number of nitrogens with one attached hydrogen (secondary N) is 11. The fourth-order valence-corrected chi connectivity index (χ4v) is 9.14. The highest BCUT2D eigenvalue weighted by Crippen LogP contribution is 2.40. The minimum Gasteiger partial charge on any atom is -0.504 e. The van der Waals surface area contributed by atoms with E-state index < -0.39 is 250 Å². The van der Waals surface area contributed by atoms with E-state index in [0.717, 1.165) is 26.0 Å². The Morgan fingerprint density at radius 2 is 1.16 bits per heavy atom. The predicted octanol–water partition coefficient (Wildman–Crippen LogP) is -11.9. The number of phenolic OH excluding ortho intramolecular Hbond substituents is 1. The Bertz CT molecular complexity index is 3270. The fourth-order valence-electron chi connectivity index (χ4n) is 9.14. The van der Waals surface area contributed by atoms with Crippen LogP contribution in [-0.2, 0) is 71.9 Å². The molecule has 0 aromatic heterocycles. The van der Waals surface area contributed by atoms with E-state index in [1.54, 1.807) is 10.6 Å². The second-order valence-electron chi connectivity index (χ2n) is 22.0. The average Bonchev–Trinajstić information content (AvgIpc) is 0.749. The molecule has 538 valence electrons. The molecule has 0 saturated carbocycles. The van der Waals surface area contributed by atoms with E-state index in [0.29, 0.717) is 0 Å². The minimum absolute atomic E-state index is 0.0226. The van der Waals surface area contributed by atoms with Gasteiger partial charge in [0, 0.05) is 24.7 Å². The van der Waals surface area contributed by atoms with Gasteiger partial charge >= 0.3 is 17.9 Å². The summed E-state index contributed by atoms with van der Waals surface area (Å²) in [4.78, 5) is 207. The summed E-state index contributed by atoms with van der Waals surface area (Å²) in [5.74, 6) is -22.1. The number of primary amides is 1.